The molecule has 1 heterocycles. The van der Waals surface area contributed by atoms with Gasteiger partial charge < -0.3 is 0 Å². The SMILES string of the molecule is CCN1CCCC1CN(C)N. The lowest BCUT2D eigenvalue weighted by atomic mass is 10.2. The molecule has 11 heavy (non-hydrogen) atoms. The molecule has 3 nitrogen and oxygen atoms in total. The van der Waals surface area contributed by atoms with Crippen molar-refractivity contribution >= 4 is 0 Å². The normalized spacial score (nSPS) is 26.7. The van der Waals surface area contributed by atoms with Gasteiger partial charge in [0.05, 0.1) is 0 Å². The van der Waals surface area contributed by atoms with E-state index in [1.165, 1.54) is 25.9 Å². The van der Waals surface area contributed by atoms with Crippen LogP contribution in [0.2, 0.25) is 0 Å². The zero-order valence-electron chi connectivity index (χ0n) is 7.58. The van der Waals surface area contributed by atoms with Gasteiger partial charge in [-0.15, -0.1) is 0 Å². The number of likely N-dealkylation sites (tertiary alicyclic amines) is 1. The molecular weight excluding hydrogens is 138 g/mol. The van der Waals surface area contributed by atoms with Crippen LogP contribution in [0.25, 0.3) is 0 Å². The molecule has 0 saturated carbocycles. The van der Waals surface area contributed by atoms with E-state index >= 15 is 0 Å². The minimum atomic E-state index is 0.704. The zero-order valence-corrected chi connectivity index (χ0v) is 7.58. The Kier molecular flexibility index (Phi) is 3.30. The summed E-state index contributed by atoms with van der Waals surface area (Å²) in [6.45, 7) is 5.65. The van der Waals surface area contributed by atoms with Crippen molar-refractivity contribution in [3.8, 4) is 0 Å². The number of hydrogen-bond acceptors (Lipinski definition) is 3. The maximum absolute atomic E-state index is 5.60. The first-order valence-electron chi connectivity index (χ1n) is 4.44. The lowest BCUT2D eigenvalue weighted by Gasteiger charge is -2.25. The second-order valence-electron chi connectivity index (χ2n) is 3.36. The van der Waals surface area contributed by atoms with Crippen LogP contribution < -0.4 is 5.84 Å². The van der Waals surface area contributed by atoms with E-state index in [4.69, 9.17) is 5.84 Å². The largest absolute Gasteiger partial charge is 0.299 e. The number of nitrogens with zero attached hydrogens (tertiary/aromatic N) is 2. The average Bonchev–Trinajstić information content (AvgIpc) is 2.34. The topological polar surface area (TPSA) is 32.5 Å². The third kappa shape index (κ3) is 2.43. The fourth-order valence-corrected chi connectivity index (χ4v) is 1.85. The molecule has 0 aromatic carbocycles. The Labute approximate surface area is 69.1 Å². The number of hydrogen-bond donors (Lipinski definition) is 1. The fraction of sp³-hybridized carbons (Fsp3) is 1.00. The summed E-state index contributed by atoms with van der Waals surface area (Å²) in [6, 6.07) is 0.704. The first kappa shape index (κ1) is 8.97. The molecule has 0 spiro atoms. The number of likely N-dealkylation sites (N-methyl/N-ethyl adjacent to an activating group) is 2. The summed E-state index contributed by atoms with van der Waals surface area (Å²) in [4.78, 5) is 2.50. The van der Waals surface area contributed by atoms with Crippen molar-refractivity contribution in [1.82, 2.24) is 9.91 Å². The molecule has 1 aliphatic heterocycles. The highest BCUT2D eigenvalue weighted by atomic mass is 15.4. The van der Waals surface area contributed by atoms with E-state index in [2.05, 4.69) is 11.8 Å². The molecule has 0 radical (unpaired) electrons. The van der Waals surface area contributed by atoms with Crippen molar-refractivity contribution in [3.05, 3.63) is 0 Å². The van der Waals surface area contributed by atoms with Crippen molar-refractivity contribution < 1.29 is 0 Å². The highest BCUT2D eigenvalue weighted by Gasteiger charge is 2.22. The summed E-state index contributed by atoms with van der Waals surface area (Å²) in [7, 11) is 1.94. The van der Waals surface area contributed by atoms with Gasteiger partial charge in [0.1, 0.15) is 0 Å². The van der Waals surface area contributed by atoms with E-state index in [1.54, 1.807) is 5.01 Å². The highest BCUT2D eigenvalue weighted by Crippen LogP contribution is 2.16. The van der Waals surface area contributed by atoms with Gasteiger partial charge in [-0.05, 0) is 25.9 Å². The molecule has 1 aliphatic rings. The summed E-state index contributed by atoms with van der Waals surface area (Å²) >= 11 is 0. The van der Waals surface area contributed by atoms with Crippen LogP contribution in [-0.2, 0) is 0 Å². The lowest BCUT2D eigenvalue weighted by Crippen LogP contribution is -2.41. The molecule has 2 N–H and O–H groups in total. The Bertz CT molecular complexity index is 114. The zero-order chi connectivity index (χ0) is 8.27. The molecule has 0 bridgehead atoms. The quantitative estimate of drug-likeness (QED) is 0.471. The Morgan fingerprint density at radius 3 is 2.91 bits per heavy atom. The monoisotopic (exact) mass is 157 g/mol. The van der Waals surface area contributed by atoms with Gasteiger partial charge in [-0.1, -0.05) is 6.92 Å². The fourth-order valence-electron chi connectivity index (χ4n) is 1.85. The maximum atomic E-state index is 5.60. The standard InChI is InChI=1S/C8H19N3/c1-3-11-6-4-5-8(11)7-10(2)9/h8H,3-7,9H2,1-2H3. The molecule has 66 valence electrons. The van der Waals surface area contributed by atoms with Gasteiger partial charge in [0.2, 0.25) is 0 Å². The second kappa shape index (κ2) is 4.04. The Morgan fingerprint density at radius 2 is 2.36 bits per heavy atom. The predicted octanol–water partition coefficient (Wildman–Crippen LogP) is 0.276. The van der Waals surface area contributed by atoms with Gasteiger partial charge in [-0.25, -0.2) is 5.01 Å². The van der Waals surface area contributed by atoms with Crippen molar-refractivity contribution in [1.29, 1.82) is 0 Å². The van der Waals surface area contributed by atoms with Gasteiger partial charge in [-0.2, -0.15) is 0 Å². The third-order valence-electron chi connectivity index (χ3n) is 2.40. The molecular formula is C8H19N3. The maximum Gasteiger partial charge on any atom is 0.0281 e. The number of nitrogens with two attached hydrogens (primary N) is 1. The van der Waals surface area contributed by atoms with E-state index in [0.717, 1.165) is 6.54 Å². The van der Waals surface area contributed by atoms with Crippen LogP contribution in [0.15, 0.2) is 0 Å². The molecule has 3 heteroatoms. The lowest BCUT2D eigenvalue weighted by molar-refractivity contribution is 0.201. The van der Waals surface area contributed by atoms with Crippen LogP contribution >= 0.6 is 0 Å². The second-order valence-corrected chi connectivity index (χ2v) is 3.36. The van der Waals surface area contributed by atoms with Crippen LogP contribution in [0.5, 0.6) is 0 Å². The van der Waals surface area contributed by atoms with Crippen LogP contribution in [0.1, 0.15) is 19.8 Å². The van der Waals surface area contributed by atoms with Gasteiger partial charge in [-0.3, -0.25) is 10.7 Å². The van der Waals surface area contributed by atoms with Crippen LogP contribution in [-0.4, -0.2) is 42.6 Å². The van der Waals surface area contributed by atoms with Crippen LogP contribution in [0.4, 0.5) is 0 Å². The van der Waals surface area contributed by atoms with Gasteiger partial charge in [0.25, 0.3) is 0 Å². The molecule has 1 unspecified atom stereocenters. The smallest absolute Gasteiger partial charge is 0.0281 e. The molecule has 1 saturated heterocycles. The molecule has 0 aliphatic carbocycles. The third-order valence-corrected chi connectivity index (χ3v) is 2.40. The number of rotatable bonds is 3. The molecule has 0 aromatic heterocycles. The van der Waals surface area contributed by atoms with Crippen LogP contribution in [0.3, 0.4) is 0 Å². The summed E-state index contributed by atoms with van der Waals surface area (Å²) in [5.41, 5.74) is 0. The highest BCUT2D eigenvalue weighted by molar-refractivity contribution is 4.79. The minimum absolute atomic E-state index is 0.704. The van der Waals surface area contributed by atoms with Gasteiger partial charge in [0.15, 0.2) is 0 Å². The minimum Gasteiger partial charge on any atom is -0.299 e. The van der Waals surface area contributed by atoms with Crippen molar-refractivity contribution in [2.24, 2.45) is 5.84 Å². The van der Waals surface area contributed by atoms with Crippen molar-refractivity contribution in [3.63, 3.8) is 0 Å². The number of hydrazine groups is 1. The Morgan fingerprint density at radius 1 is 1.64 bits per heavy atom. The summed E-state index contributed by atoms with van der Waals surface area (Å²) < 4.78 is 0. The first-order chi connectivity index (χ1) is 5.24. The van der Waals surface area contributed by atoms with Crippen molar-refractivity contribution in [2.75, 3.05) is 26.7 Å². The Hall–Kier alpha value is -0.120. The van der Waals surface area contributed by atoms with Gasteiger partial charge in [0, 0.05) is 19.6 Å². The first-order valence-corrected chi connectivity index (χ1v) is 4.44. The van der Waals surface area contributed by atoms with Crippen LogP contribution in [0, 0.1) is 0 Å². The molecule has 1 fully saturated rings. The summed E-state index contributed by atoms with van der Waals surface area (Å²) in [5.74, 6) is 5.60. The van der Waals surface area contributed by atoms with E-state index in [-0.39, 0.29) is 0 Å². The molecule has 0 aromatic rings. The van der Waals surface area contributed by atoms with E-state index in [1.807, 2.05) is 7.05 Å². The molecule has 1 rings (SSSR count). The Balaban J connectivity index is 2.31. The summed E-state index contributed by atoms with van der Waals surface area (Å²) in [6.07, 6.45) is 2.65. The summed E-state index contributed by atoms with van der Waals surface area (Å²) in [5, 5.41) is 1.79. The van der Waals surface area contributed by atoms with E-state index in [0.29, 0.717) is 6.04 Å². The molecule has 1 atom stereocenters. The predicted molar refractivity (Wildman–Crippen MR) is 47.1 cm³/mol. The van der Waals surface area contributed by atoms with Crippen molar-refractivity contribution in [2.45, 2.75) is 25.8 Å². The van der Waals surface area contributed by atoms with E-state index < -0.39 is 0 Å². The average molecular weight is 157 g/mol. The molecule has 0 amide bonds. The van der Waals surface area contributed by atoms with E-state index in [9.17, 15) is 0 Å². The van der Waals surface area contributed by atoms with Gasteiger partial charge >= 0.3 is 0 Å².